The normalized spacial score (nSPS) is 12.4. The van der Waals surface area contributed by atoms with E-state index in [4.69, 9.17) is 34.8 Å². The van der Waals surface area contributed by atoms with Crippen LogP contribution < -0.4 is 5.32 Å². The predicted molar refractivity (Wildman–Crippen MR) is 83.2 cm³/mol. The van der Waals surface area contributed by atoms with E-state index in [0.29, 0.717) is 16.6 Å². The SMILES string of the molecule is CC(NCc1ccc(Cl)cc1Cl)c1cccc(Cl)c1. The Labute approximate surface area is 128 Å². The van der Waals surface area contributed by atoms with Gasteiger partial charge < -0.3 is 5.32 Å². The molecule has 0 spiro atoms. The summed E-state index contributed by atoms with van der Waals surface area (Å²) in [4.78, 5) is 0. The van der Waals surface area contributed by atoms with E-state index >= 15 is 0 Å². The minimum atomic E-state index is 0.199. The summed E-state index contributed by atoms with van der Waals surface area (Å²) < 4.78 is 0. The molecule has 0 saturated heterocycles. The van der Waals surface area contributed by atoms with Gasteiger partial charge in [-0.25, -0.2) is 0 Å². The first-order valence-electron chi connectivity index (χ1n) is 5.99. The van der Waals surface area contributed by atoms with Gasteiger partial charge >= 0.3 is 0 Å². The smallest absolute Gasteiger partial charge is 0.0465 e. The Bertz CT molecular complexity index is 569. The molecule has 0 bridgehead atoms. The molecule has 100 valence electrons. The van der Waals surface area contributed by atoms with E-state index in [-0.39, 0.29) is 6.04 Å². The van der Waals surface area contributed by atoms with Crippen LogP contribution in [0.4, 0.5) is 0 Å². The highest BCUT2D eigenvalue weighted by Crippen LogP contribution is 2.22. The Hall–Kier alpha value is -0.730. The van der Waals surface area contributed by atoms with Gasteiger partial charge in [-0.1, -0.05) is 53.0 Å². The van der Waals surface area contributed by atoms with E-state index in [1.165, 1.54) is 0 Å². The zero-order chi connectivity index (χ0) is 13.8. The van der Waals surface area contributed by atoms with Crippen LogP contribution in [0.25, 0.3) is 0 Å². The zero-order valence-corrected chi connectivity index (χ0v) is 12.7. The average Bonchev–Trinajstić information content (AvgIpc) is 2.37. The first kappa shape index (κ1) is 14.7. The maximum absolute atomic E-state index is 6.14. The van der Waals surface area contributed by atoms with Gasteiger partial charge in [-0.05, 0) is 42.3 Å². The predicted octanol–water partition coefficient (Wildman–Crippen LogP) is 5.50. The van der Waals surface area contributed by atoms with Crippen LogP contribution in [-0.4, -0.2) is 0 Å². The highest BCUT2D eigenvalue weighted by atomic mass is 35.5. The Kier molecular flexibility index (Phi) is 5.12. The fraction of sp³-hybridized carbons (Fsp3) is 0.200. The second-order valence-corrected chi connectivity index (χ2v) is 5.67. The van der Waals surface area contributed by atoms with Crippen molar-refractivity contribution in [3.8, 4) is 0 Å². The molecule has 0 heterocycles. The highest BCUT2D eigenvalue weighted by Gasteiger charge is 2.07. The van der Waals surface area contributed by atoms with Crippen molar-refractivity contribution in [1.29, 1.82) is 0 Å². The second-order valence-electron chi connectivity index (χ2n) is 4.39. The molecule has 2 rings (SSSR count). The minimum absolute atomic E-state index is 0.199. The van der Waals surface area contributed by atoms with Crippen LogP contribution in [0.5, 0.6) is 0 Å². The van der Waals surface area contributed by atoms with Gasteiger partial charge in [-0.3, -0.25) is 0 Å². The summed E-state index contributed by atoms with van der Waals surface area (Å²) in [5, 5.41) is 5.49. The van der Waals surface area contributed by atoms with Crippen LogP contribution in [-0.2, 0) is 6.54 Å². The lowest BCUT2D eigenvalue weighted by Crippen LogP contribution is -2.18. The van der Waals surface area contributed by atoms with E-state index in [0.717, 1.165) is 16.1 Å². The van der Waals surface area contributed by atoms with Crippen molar-refractivity contribution in [3.63, 3.8) is 0 Å². The fourth-order valence-electron chi connectivity index (χ4n) is 1.82. The van der Waals surface area contributed by atoms with E-state index in [2.05, 4.69) is 12.2 Å². The van der Waals surface area contributed by atoms with Crippen LogP contribution in [0, 0.1) is 0 Å². The van der Waals surface area contributed by atoms with Crippen molar-refractivity contribution in [2.75, 3.05) is 0 Å². The summed E-state index contributed by atoms with van der Waals surface area (Å²) in [5.41, 5.74) is 2.18. The number of hydrogen-bond acceptors (Lipinski definition) is 1. The third-order valence-corrected chi connectivity index (χ3v) is 3.78. The van der Waals surface area contributed by atoms with Crippen LogP contribution >= 0.6 is 34.8 Å². The third kappa shape index (κ3) is 4.12. The second kappa shape index (κ2) is 6.62. The molecular weight excluding hydrogens is 301 g/mol. The molecule has 1 unspecified atom stereocenters. The standard InChI is InChI=1S/C15H14Cl3N/c1-10(11-3-2-4-13(16)7-11)19-9-12-5-6-14(17)8-15(12)18/h2-8,10,19H,9H2,1H3. The van der Waals surface area contributed by atoms with E-state index in [1.54, 1.807) is 6.07 Å². The molecule has 1 nitrogen and oxygen atoms in total. The number of hydrogen-bond donors (Lipinski definition) is 1. The Balaban J connectivity index is 2.02. The molecule has 0 radical (unpaired) electrons. The lowest BCUT2D eigenvalue weighted by Gasteiger charge is -2.15. The molecule has 2 aromatic carbocycles. The molecule has 0 aromatic heterocycles. The number of rotatable bonds is 4. The molecular formula is C15H14Cl3N. The lowest BCUT2D eigenvalue weighted by molar-refractivity contribution is 0.575. The molecule has 19 heavy (non-hydrogen) atoms. The first-order chi connectivity index (χ1) is 9.06. The van der Waals surface area contributed by atoms with E-state index in [1.807, 2.05) is 36.4 Å². The van der Waals surface area contributed by atoms with Gasteiger partial charge in [-0.15, -0.1) is 0 Å². The summed E-state index contributed by atoms with van der Waals surface area (Å²) in [7, 11) is 0. The molecule has 0 amide bonds. The van der Waals surface area contributed by atoms with Crippen molar-refractivity contribution < 1.29 is 0 Å². The summed E-state index contributed by atoms with van der Waals surface area (Å²) in [6.45, 7) is 2.78. The molecule has 1 N–H and O–H groups in total. The monoisotopic (exact) mass is 313 g/mol. The van der Waals surface area contributed by atoms with Crippen molar-refractivity contribution in [2.24, 2.45) is 0 Å². The largest absolute Gasteiger partial charge is 0.306 e. The third-order valence-electron chi connectivity index (χ3n) is 2.96. The molecule has 4 heteroatoms. The Morgan fingerprint density at radius 3 is 2.42 bits per heavy atom. The topological polar surface area (TPSA) is 12.0 Å². The average molecular weight is 315 g/mol. The molecule has 0 aliphatic rings. The van der Waals surface area contributed by atoms with Crippen LogP contribution in [0.15, 0.2) is 42.5 Å². The number of halogens is 3. The van der Waals surface area contributed by atoms with Gasteiger partial charge in [0.1, 0.15) is 0 Å². The van der Waals surface area contributed by atoms with Gasteiger partial charge in [0.05, 0.1) is 0 Å². The number of nitrogens with one attached hydrogen (secondary N) is 1. The minimum Gasteiger partial charge on any atom is -0.306 e. The lowest BCUT2D eigenvalue weighted by atomic mass is 10.1. The Morgan fingerprint density at radius 1 is 1.00 bits per heavy atom. The first-order valence-corrected chi connectivity index (χ1v) is 7.12. The molecule has 2 aromatic rings. The van der Waals surface area contributed by atoms with Crippen LogP contribution in [0.2, 0.25) is 15.1 Å². The van der Waals surface area contributed by atoms with E-state index < -0.39 is 0 Å². The van der Waals surface area contributed by atoms with Gasteiger partial charge in [0.2, 0.25) is 0 Å². The van der Waals surface area contributed by atoms with Crippen molar-refractivity contribution in [2.45, 2.75) is 19.5 Å². The van der Waals surface area contributed by atoms with Crippen LogP contribution in [0.1, 0.15) is 24.1 Å². The van der Waals surface area contributed by atoms with Crippen molar-refractivity contribution >= 4 is 34.8 Å². The fourth-order valence-corrected chi connectivity index (χ4v) is 2.50. The maximum Gasteiger partial charge on any atom is 0.0465 e. The van der Waals surface area contributed by atoms with Crippen molar-refractivity contribution in [3.05, 3.63) is 68.7 Å². The van der Waals surface area contributed by atoms with Gasteiger partial charge in [0.25, 0.3) is 0 Å². The maximum atomic E-state index is 6.14. The Morgan fingerprint density at radius 2 is 1.74 bits per heavy atom. The van der Waals surface area contributed by atoms with E-state index in [9.17, 15) is 0 Å². The summed E-state index contributed by atoms with van der Waals surface area (Å²) in [6, 6.07) is 13.6. The quantitative estimate of drug-likeness (QED) is 0.786. The van der Waals surface area contributed by atoms with Gasteiger partial charge in [0.15, 0.2) is 0 Å². The number of benzene rings is 2. The van der Waals surface area contributed by atoms with Gasteiger partial charge in [0, 0.05) is 27.7 Å². The van der Waals surface area contributed by atoms with Crippen LogP contribution in [0.3, 0.4) is 0 Å². The summed E-state index contributed by atoms with van der Waals surface area (Å²) >= 11 is 18.0. The van der Waals surface area contributed by atoms with Gasteiger partial charge in [-0.2, -0.15) is 0 Å². The van der Waals surface area contributed by atoms with Crippen molar-refractivity contribution in [1.82, 2.24) is 5.32 Å². The highest BCUT2D eigenvalue weighted by molar-refractivity contribution is 6.35. The summed E-state index contributed by atoms with van der Waals surface area (Å²) in [6.07, 6.45) is 0. The molecule has 0 saturated carbocycles. The molecule has 1 atom stereocenters. The zero-order valence-electron chi connectivity index (χ0n) is 10.5. The summed E-state index contributed by atoms with van der Waals surface area (Å²) in [5.74, 6) is 0. The molecule has 0 aliphatic carbocycles. The molecule has 0 aliphatic heterocycles. The molecule has 0 fully saturated rings.